The van der Waals surface area contributed by atoms with Crippen LogP contribution in [0.1, 0.15) is 69.8 Å². The molecular formula is C24H32F3N3O2. The number of anilines is 1. The van der Waals surface area contributed by atoms with Crippen LogP contribution in [0, 0.1) is 5.92 Å². The molecule has 1 saturated carbocycles. The highest BCUT2D eigenvalue weighted by Crippen LogP contribution is 2.36. The third-order valence-electron chi connectivity index (χ3n) is 7.28. The lowest BCUT2D eigenvalue weighted by molar-refractivity contribution is -0.137. The summed E-state index contributed by atoms with van der Waals surface area (Å²) in [6.07, 6.45) is 5.42. The number of hydrogen-bond donors (Lipinski definition) is 2. The summed E-state index contributed by atoms with van der Waals surface area (Å²) < 4.78 is 39.7. The lowest BCUT2D eigenvalue weighted by Gasteiger charge is -2.48. The van der Waals surface area contributed by atoms with Crippen LogP contribution in [-0.2, 0) is 15.8 Å². The summed E-state index contributed by atoms with van der Waals surface area (Å²) in [6.45, 7) is 0.0742. The van der Waals surface area contributed by atoms with E-state index in [0.717, 1.165) is 63.9 Å². The van der Waals surface area contributed by atoms with Crippen molar-refractivity contribution in [3.05, 3.63) is 29.8 Å². The SMILES string of the molecule is O=C(CN1[C@@H]2CCC[C@H]1CC(NC(=O)C1CCCCC1)C2)Nc1ccccc1C(F)(F)F. The van der Waals surface area contributed by atoms with Gasteiger partial charge in [0.15, 0.2) is 0 Å². The zero-order valence-corrected chi connectivity index (χ0v) is 18.3. The molecule has 32 heavy (non-hydrogen) atoms. The van der Waals surface area contributed by atoms with E-state index in [-0.39, 0.29) is 42.2 Å². The highest BCUT2D eigenvalue weighted by Gasteiger charge is 2.40. The average Bonchev–Trinajstić information content (AvgIpc) is 2.74. The minimum absolute atomic E-state index is 0.0742. The number of fused-ring (bicyclic) bond motifs is 2. The third-order valence-corrected chi connectivity index (χ3v) is 7.28. The molecule has 3 aliphatic rings. The number of nitrogens with one attached hydrogen (secondary N) is 2. The second-order valence-corrected chi connectivity index (χ2v) is 9.51. The summed E-state index contributed by atoms with van der Waals surface area (Å²) in [4.78, 5) is 27.5. The Bertz CT molecular complexity index is 809. The van der Waals surface area contributed by atoms with E-state index in [9.17, 15) is 22.8 Å². The molecule has 1 aromatic rings. The van der Waals surface area contributed by atoms with Gasteiger partial charge in [0.2, 0.25) is 11.8 Å². The first-order valence-electron chi connectivity index (χ1n) is 11.8. The minimum Gasteiger partial charge on any atom is -0.353 e. The number of piperidine rings is 2. The summed E-state index contributed by atoms with van der Waals surface area (Å²) in [6, 6.07) is 5.52. The Morgan fingerprint density at radius 3 is 2.25 bits per heavy atom. The molecule has 2 bridgehead atoms. The van der Waals surface area contributed by atoms with Crippen LogP contribution in [0.5, 0.6) is 0 Å². The number of para-hydroxylation sites is 1. The molecule has 1 unspecified atom stereocenters. The zero-order valence-electron chi connectivity index (χ0n) is 18.3. The van der Waals surface area contributed by atoms with Crippen LogP contribution < -0.4 is 10.6 Å². The van der Waals surface area contributed by atoms with Crippen molar-refractivity contribution in [2.45, 2.75) is 88.5 Å². The molecule has 2 amide bonds. The first kappa shape index (κ1) is 23.1. The van der Waals surface area contributed by atoms with Crippen molar-refractivity contribution < 1.29 is 22.8 Å². The molecule has 2 heterocycles. The molecule has 176 valence electrons. The van der Waals surface area contributed by atoms with Gasteiger partial charge in [-0.25, -0.2) is 0 Å². The van der Waals surface area contributed by atoms with Gasteiger partial charge >= 0.3 is 6.18 Å². The highest BCUT2D eigenvalue weighted by atomic mass is 19.4. The lowest BCUT2D eigenvalue weighted by atomic mass is 9.81. The number of carbonyl (C=O) groups is 2. The van der Waals surface area contributed by atoms with Crippen molar-refractivity contribution in [3.63, 3.8) is 0 Å². The van der Waals surface area contributed by atoms with E-state index in [4.69, 9.17) is 0 Å². The van der Waals surface area contributed by atoms with E-state index in [0.29, 0.717) is 0 Å². The fourth-order valence-electron chi connectivity index (χ4n) is 5.73. The van der Waals surface area contributed by atoms with E-state index < -0.39 is 17.6 Å². The van der Waals surface area contributed by atoms with Crippen molar-refractivity contribution in [1.29, 1.82) is 0 Å². The molecule has 4 rings (SSSR count). The van der Waals surface area contributed by atoms with Crippen molar-refractivity contribution in [2.75, 3.05) is 11.9 Å². The maximum absolute atomic E-state index is 13.2. The Hall–Kier alpha value is -2.09. The highest BCUT2D eigenvalue weighted by molar-refractivity contribution is 5.93. The van der Waals surface area contributed by atoms with Gasteiger partial charge in [0.1, 0.15) is 0 Å². The zero-order chi connectivity index (χ0) is 22.7. The normalized spacial score (nSPS) is 27.0. The topological polar surface area (TPSA) is 61.4 Å². The van der Waals surface area contributed by atoms with E-state index in [1.165, 1.54) is 24.6 Å². The second kappa shape index (κ2) is 9.81. The van der Waals surface area contributed by atoms with Crippen LogP contribution in [0.3, 0.4) is 0 Å². The van der Waals surface area contributed by atoms with Gasteiger partial charge in [0.05, 0.1) is 17.8 Å². The quantitative estimate of drug-likeness (QED) is 0.681. The Morgan fingerprint density at radius 2 is 1.59 bits per heavy atom. The van der Waals surface area contributed by atoms with Crippen LogP contribution in [0.4, 0.5) is 18.9 Å². The van der Waals surface area contributed by atoms with Gasteiger partial charge in [0, 0.05) is 24.0 Å². The van der Waals surface area contributed by atoms with Gasteiger partial charge in [-0.3, -0.25) is 14.5 Å². The number of alkyl halides is 3. The number of nitrogens with zero attached hydrogens (tertiary/aromatic N) is 1. The van der Waals surface area contributed by atoms with E-state index in [1.807, 2.05) is 0 Å². The van der Waals surface area contributed by atoms with Gasteiger partial charge in [0.25, 0.3) is 0 Å². The molecule has 2 aliphatic heterocycles. The smallest absolute Gasteiger partial charge is 0.353 e. The first-order valence-corrected chi connectivity index (χ1v) is 11.8. The van der Waals surface area contributed by atoms with Gasteiger partial charge in [-0.2, -0.15) is 13.2 Å². The van der Waals surface area contributed by atoms with E-state index in [2.05, 4.69) is 15.5 Å². The number of rotatable bonds is 5. The summed E-state index contributed by atoms with van der Waals surface area (Å²) >= 11 is 0. The molecule has 1 aliphatic carbocycles. The monoisotopic (exact) mass is 451 g/mol. The van der Waals surface area contributed by atoms with Gasteiger partial charge in [-0.1, -0.05) is 37.8 Å². The molecule has 5 nitrogen and oxygen atoms in total. The third kappa shape index (κ3) is 5.45. The summed E-state index contributed by atoms with van der Waals surface area (Å²) in [5, 5.41) is 5.73. The maximum atomic E-state index is 13.2. The van der Waals surface area contributed by atoms with Crippen LogP contribution in [0.25, 0.3) is 0 Å². The molecule has 0 spiro atoms. The molecule has 0 radical (unpaired) electrons. The fourth-order valence-corrected chi connectivity index (χ4v) is 5.73. The van der Waals surface area contributed by atoms with Crippen molar-refractivity contribution in [1.82, 2.24) is 10.2 Å². The molecule has 1 aromatic carbocycles. The fraction of sp³-hybridized carbons (Fsp3) is 0.667. The van der Waals surface area contributed by atoms with Crippen LogP contribution in [-0.4, -0.2) is 41.4 Å². The standard InChI is InChI=1S/C24H32F3N3O2/c25-24(26,27)20-11-4-5-12-21(20)29-22(31)15-30-18-9-6-10-19(30)14-17(13-18)28-23(32)16-7-2-1-3-8-16/h4-5,11-12,16-19H,1-3,6-10,13-15H2,(H,28,32)(H,29,31)/t17?,18-,19+. The Kier molecular flexibility index (Phi) is 7.08. The van der Waals surface area contributed by atoms with Gasteiger partial charge in [-0.05, 0) is 50.7 Å². The predicted molar refractivity (Wildman–Crippen MR) is 116 cm³/mol. The maximum Gasteiger partial charge on any atom is 0.418 e. The number of hydrogen-bond acceptors (Lipinski definition) is 3. The predicted octanol–water partition coefficient (Wildman–Crippen LogP) is 4.73. The van der Waals surface area contributed by atoms with Crippen LogP contribution in [0.2, 0.25) is 0 Å². The number of amides is 2. The Labute approximate surface area is 187 Å². The van der Waals surface area contributed by atoms with E-state index >= 15 is 0 Å². The molecule has 8 heteroatoms. The van der Waals surface area contributed by atoms with Crippen LogP contribution >= 0.6 is 0 Å². The molecule has 0 aromatic heterocycles. The largest absolute Gasteiger partial charge is 0.418 e. The van der Waals surface area contributed by atoms with Gasteiger partial charge < -0.3 is 10.6 Å². The summed E-state index contributed by atoms with van der Waals surface area (Å²) in [5.41, 5.74) is -1.04. The van der Waals surface area contributed by atoms with Crippen molar-refractivity contribution >= 4 is 17.5 Å². The van der Waals surface area contributed by atoms with Gasteiger partial charge in [-0.15, -0.1) is 0 Å². The lowest BCUT2D eigenvalue weighted by Crippen LogP contribution is -2.58. The first-order chi connectivity index (χ1) is 15.3. The Balaban J connectivity index is 1.35. The van der Waals surface area contributed by atoms with Crippen molar-refractivity contribution in [2.24, 2.45) is 5.92 Å². The molecular weight excluding hydrogens is 419 g/mol. The minimum atomic E-state index is -4.52. The summed E-state index contributed by atoms with van der Waals surface area (Å²) in [7, 11) is 0. The van der Waals surface area contributed by atoms with E-state index in [1.54, 1.807) is 0 Å². The summed E-state index contributed by atoms with van der Waals surface area (Å²) in [5.74, 6) is -0.132. The molecule has 3 fully saturated rings. The van der Waals surface area contributed by atoms with Crippen LogP contribution in [0.15, 0.2) is 24.3 Å². The molecule has 3 atom stereocenters. The molecule has 2 saturated heterocycles. The molecule has 2 N–H and O–H groups in total. The average molecular weight is 452 g/mol. The number of halogens is 3. The second-order valence-electron chi connectivity index (χ2n) is 9.51. The number of carbonyl (C=O) groups excluding carboxylic acids is 2. The Morgan fingerprint density at radius 1 is 0.938 bits per heavy atom. The van der Waals surface area contributed by atoms with Crippen molar-refractivity contribution in [3.8, 4) is 0 Å². The number of benzene rings is 1.